The summed E-state index contributed by atoms with van der Waals surface area (Å²) in [6.45, 7) is 25.1. The third-order valence-electron chi connectivity index (χ3n) is 6.78. The molecule has 0 heterocycles. The average molecular weight is 485 g/mol. The molecule has 34 heavy (non-hydrogen) atoms. The van der Waals surface area contributed by atoms with Gasteiger partial charge in [-0.1, -0.05) is 99.8 Å². The van der Waals surface area contributed by atoms with E-state index in [1.54, 1.807) is 13.8 Å². The number of carbonyl (C=O) groups is 2. The lowest BCUT2D eigenvalue weighted by Crippen LogP contribution is -2.43. The number of nitrogens with one attached hydrogen (secondary N) is 2. The number of carbonyl (C=O) groups excluding carboxylic acids is 2. The van der Waals surface area contributed by atoms with Crippen molar-refractivity contribution in [1.29, 1.82) is 0 Å². The van der Waals surface area contributed by atoms with Crippen LogP contribution in [0.3, 0.4) is 0 Å². The molecule has 0 rings (SSSR count). The zero-order chi connectivity index (χ0) is 27.1. The molecule has 0 bridgehead atoms. The summed E-state index contributed by atoms with van der Waals surface area (Å²) in [4.78, 5) is 22.4. The van der Waals surface area contributed by atoms with Crippen LogP contribution in [-0.2, 0) is 9.59 Å². The number of ketones is 1. The van der Waals surface area contributed by atoms with Crippen LogP contribution in [-0.4, -0.2) is 29.8 Å². The van der Waals surface area contributed by atoms with E-state index in [2.05, 4.69) is 79.9 Å². The van der Waals surface area contributed by atoms with Gasteiger partial charge in [-0.2, -0.15) is 0 Å². The van der Waals surface area contributed by atoms with Crippen LogP contribution >= 0.6 is 0 Å². The van der Waals surface area contributed by atoms with Gasteiger partial charge in [-0.3, -0.25) is 4.79 Å². The van der Waals surface area contributed by atoms with Crippen LogP contribution in [0.1, 0.15) is 147 Å². The molecule has 0 radical (unpaired) electrons. The maximum atomic E-state index is 11.2. The Morgan fingerprint density at radius 3 is 1.26 bits per heavy atom. The summed E-state index contributed by atoms with van der Waals surface area (Å²) in [7, 11) is 0. The van der Waals surface area contributed by atoms with Crippen LogP contribution in [0.5, 0.6) is 0 Å². The highest BCUT2D eigenvalue weighted by Crippen LogP contribution is 2.20. The fraction of sp³-hybridized carbons (Fsp3) is 0.933. The summed E-state index contributed by atoms with van der Waals surface area (Å²) in [6.07, 6.45) is 12.8. The molecule has 0 aromatic rings. The number of hydrogen-bond acceptors (Lipinski definition) is 3. The molecule has 0 aromatic heterocycles. The third kappa shape index (κ3) is 25.7. The quantitative estimate of drug-likeness (QED) is 0.216. The maximum Gasteiger partial charge on any atom is 0.217 e. The Morgan fingerprint density at radius 1 is 0.588 bits per heavy atom. The first-order chi connectivity index (χ1) is 15.9. The van der Waals surface area contributed by atoms with Crippen molar-refractivity contribution in [3.8, 4) is 0 Å². The number of unbranched alkanes of at least 4 members (excludes halogenated alkanes) is 6. The van der Waals surface area contributed by atoms with Gasteiger partial charge in [0, 0.05) is 31.5 Å². The minimum Gasteiger partial charge on any atom is -0.354 e. The van der Waals surface area contributed by atoms with E-state index in [9.17, 15) is 9.59 Å². The summed E-state index contributed by atoms with van der Waals surface area (Å²) in [5.74, 6) is 1.58. The molecular formula is C30H64N2O2. The number of rotatable bonds is 16. The molecule has 206 valence electrons. The van der Waals surface area contributed by atoms with Crippen LogP contribution in [0, 0.1) is 17.8 Å². The molecule has 6 unspecified atom stereocenters. The van der Waals surface area contributed by atoms with Gasteiger partial charge in [0.15, 0.2) is 0 Å². The van der Waals surface area contributed by atoms with Crippen molar-refractivity contribution in [3.05, 3.63) is 0 Å². The van der Waals surface area contributed by atoms with E-state index in [0.717, 1.165) is 6.42 Å². The van der Waals surface area contributed by atoms with Gasteiger partial charge in [-0.25, -0.2) is 0 Å². The SMILES string of the molecule is CC(=O)CC(C)C(C)NC(C)C(C)CC(C)C(C)NC(C)=O.CCCCCC.CCCCCC. The van der Waals surface area contributed by atoms with Gasteiger partial charge in [-0.05, 0) is 51.9 Å². The van der Waals surface area contributed by atoms with Crippen LogP contribution in [0.15, 0.2) is 0 Å². The average Bonchev–Trinajstić information content (AvgIpc) is 2.75. The van der Waals surface area contributed by atoms with Gasteiger partial charge in [0.05, 0.1) is 0 Å². The van der Waals surface area contributed by atoms with Crippen molar-refractivity contribution in [1.82, 2.24) is 10.6 Å². The number of Topliss-reactive ketones (excluding diaryl/α,β-unsaturated/α-hetero) is 1. The Hall–Kier alpha value is -0.900. The minimum absolute atomic E-state index is 0.0323. The highest BCUT2D eigenvalue weighted by Gasteiger charge is 2.22. The lowest BCUT2D eigenvalue weighted by atomic mass is 9.87. The van der Waals surface area contributed by atoms with Crippen molar-refractivity contribution in [2.45, 2.75) is 165 Å². The molecule has 6 atom stereocenters. The van der Waals surface area contributed by atoms with Crippen LogP contribution in [0.25, 0.3) is 0 Å². The van der Waals surface area contributed by atoms with Crippen molar-refractivity contribution >= 4 is 11.7 Å². The van der Waals surface area contributed by atoms with E-state index in [0.29, 0.717) is 36.3 Å². The maximum absolute atomic E-state index is 11.2. The van der Waals surface area contributed by atoms with Crippen molar-refractivity contribution in [2.75, 3.05) is 0 Å². The zero-order valence-electron chi connectivity index (χ0n) is 25.4. The lowest BCUT2D eigenvalue weighted by molar-refractivity contribution is -0.120. The molecule has 0 saturated carbocycles. The fourth-order valence-corrected chi connectivity index (χ4v) is 3.83. The lowest BCUT2D eigenvalue weighted by Gasteiger charge is -2.31. The van der Waals surface area contributed by atoms with Crippen molar-refractivity contribution in [2.24, 2.45) is 17.8 Å². The second-order valence-electron chi connectivity index (χ2n) is 10.7. The second-order valence-corrected chi connectivity index (χ2v) is 10.7. The predicted molar refractivity (Wildman–Crippen MR) is 152 cm³/mol. The van der Waals surface area contributed by atoms with Gasteiger partial charge in [0.1, 0.15) is 5.78 Å². The number of amides is 1. The van der Waals surface area contributed by atoms with E-state index in [-0.39, 0.29) is 17.7 Å². The van der Waals surface area contributed by atoms with E-state index in [1.807, 2.05) is 0 Å². The molecule has 0 aliphatic rings. The molecule has 0 fully saturated rings. The molecular weight excluding hydrogens is 420 g/mol. The highest BCUT2D eigenvalue weighted by molar-refractivity contribution is 5.75. The molecule has 0 aromatic carbocycles. The molecule has 0 saturated heterocycles. The molecule has 4 heteroatoms. The first-order valence-electron chi connectivity index (χ1n) is 14.4. The summed E-state index contributed by atoms with van der Waals surface area (Å²) in [5.41, 5.74) is 0. The molecule has 4 nitrogen and oxygen atoms in total. The fourth-order valence-electron chi connectivity index (χ4n) is 3.83. The van der Waals surface area contributed by atoms with Gasteiger partial charge in [0.2, 0.25) is 5.91 Å². The summed E-state index contributed by atoms with van der Waals surface area (Å²) < 4.78 is 0. The molecule has 0 aliphatic heterocycles. The van der Waals surface area contributed by atoms with Gasteiger partial charge >= 0.3 is 0 Å². The second kappa shape index (κ2) is 25.2. The molecule has 1 amide bonds. The summed E-state index contributed by atoms with van der Waals surface area (Å²) in [6, 6.07) is 0.905. The predicted octanol–water partition coefficient (Wildman–Crippen LogP) is 8.33. The minimum atomic E-state index is 0.0323. The summed E-state index contributed by atoms with van der Waals surface area (Å²) >= 11 is 0. The van der Waals surface area contributed by atoms with Crippen LogP contribution in [0.4, 0.5) is 0 Å². The van der Waals surface area contributed by atoms with E-state index < -0.39 is 0 Å². The van der Waals surface area contributed by atoms with E-state index in [1.165, 1.54) is 51.4 Å². The topological polar surface area (TPSA) is 58.2 Å². The van der Waals surface area contributed by atoms with Crippen LogP contribution in [0.2, 0.25) is 0 Å². The van der Waals surface area contributed by atoms with Gasteiger partial charge < -0.3 is 15.4 Å². The largest absolute Gasteiger partial charge is 0.354 e. The molecule has 0 aliphatic carbocycles. The van der Waals surface area contributed by atoms with E-state index >= 15 is 0 Å². The highest BCUT2D eigenvalue weighted by atomic mass is 16.1. The Morgan fingerprint density at radius 2 is 0.941 bits per heavy atom. The number of hydrogen-bond donors (Lipinski definition) is 2. The van der Waals surface area contributed by atoms with E-state index in [4.69, 9.17) is 0 Å². The standard InChI is InChI=1S/C18H36N2O2.2C6H14/c1-11(9-12(2)17(7)20-18(8)22)15(5)19-16(6)13(3)10-14(4)21;2*1-3-5-6-4-2/h11-13,15-17,19H,9-10H2,1-8H3,(H,20,22);2*3-6H2,1-2H3. The Kier molecular flexibility index (Phi) is 27.9. The Balaban J connectivity index is -0.000000653. The first-order valence-corrected chi connectivity index (χ1v) is 14.4. The van der Waals surface area contributed by atoms with Crippen LogP contribution < -0.4 is 10.6 Å². The van der Waals surface area contributed by atoms with Crippen molar-refractivity contribution < 1.29 is 9.59 Å². The van der Waals surface area contributed by atoms with Gasteiger partial charge in [0.25, 0.3) is 0 Å². The zero-order valence-corrected chi connectivity index (χ0v) is 25.4. The smallest absolute Gasteiger partial charge is 0.217 e. The monoisotopic (exact) mass is 484 g/mol. The molecule has 2 N–H and O–H groups in total. The first kappa shape index (κ1) is 37.6. The third-order valence-corrected chi connectivity index (χ3v) is 6.78. The Bertz CT molecular complexity index is 417. The molecule has 0 spiro atoms. The Labute approximate surface area is 215 Å². The van der Waals surface area contributed by atoms with Gasteiger partial charge in [-0.15, -0.1) is 0 Å². The van der Waals surface area contributed by atoms with Crippen molar-refractivity contribution in [3.63, 3.8) is 0 Å². The normalized spacial score (nSPS) is 15.9. The summed E-state index contributed by atoms with van der Waals surface area (Å²) in [5, 5.41) is 6.60.